The molecule has 0 aliphatic heterocycles. The first-order chi connectivity index (χ1) is 8.83. The summed E-state index contributed by atoms with van der Waals surface area (Å²) in [7, 11) is 0. The van der Waals surface area contributed by atoms with Gasteiger partial charge in [-0.15, -0.1) is 11.3 Å². The Hall–Kier alpha value is -2.01. The second-order valence-electron chi connectivity index (χ2n) is 3.97. The molecule has 3 N–H and O–H groups in total. The van der Waals surface area contributed by atoms with Crippen molar-refractivity contribution in [2.75, 3.05) is 17.6 Å². The summed E-state index contributed by atoms with van der Waals surface area (Å²) in [6.45, 7) is 0.799. The molecule has 3 rings (SSSR count). The van der Waals surface area contributed by atoms with Gasteiger partial charge in [0.15, 0.2) is 5.58 Å². The van der Waals surface area contributed by atoms with Crippen LogP contribution in [-0.2, 0) is 6.42 Å². The van der Waals surface area contributed by atoms with Crippen LogP contribution >= 0.6 is 11.3 Å². The molecule has 0 aliphatic rings. The largest absolute Gasteiger partial charge is 0.423 e. The van der Waals surface area contributed by atoms with Gasteiger partial charge >= 0.3 is 0 Å². The number of nitrogens with one attached hydrogen (secondary N) is 1. The molecule has 0 fully saturated rings. The highest BCUT2D eigenvalue weighted by Gasteiger charge is 2.07. The summed E-state index contributed by atoms with van der Waals surface area (Å²) in [6, 6.07) is 10.2. The van der Waals surface area contributed by atoms with Crippen molar-refractivity contribution in [1.29, 1.82) is 0 Å². The molecule has 4 nitrogen and oxygen atoms in total. The van der Waals surface area contributed by atoms with Gasteiger partial charge in [-0.1, -0.05) is 12.1 Å². The molecule has 3 aromatic rings. The van der Waals surface area contributed by atoms with Gasteiger partial charge in [0, 0.05) is 11.4 Å². The zero-order valence-electron chi connectivity index (χ0n) is 9.72. The van der Waals surface area contributed by atoms with Crippen LogP contribution in [0.25, 0.3) is 11.1 Å². The maximum atomic E-state index is 5.83. The normalized spacial score (nSPS) is 10.9. The molecule has 2 aromatic heterocycles. The minimum absolute atomic E-state index is 0.527. The first-order valence-electron chi connectivity index (χ1n) is 5.74. The van der Waals surface area contributed by atoms with Gasteiger partial charge in [0.05, 0.1) is 5.69 Å². The number of hydrogen-bond acceptors (Lipinski definition) is 5. The Bertz CT molecular complexity index is 645. The summed E-state index contributed by atoms with van der Waals surface area (Å²) in [5, 5.41) is 5.25. The Kier molecular flexibility index (Phi) is 2.90. The quantitative estimate of drug-likeness (QED) is 0.706. The van der Waals surface area contributed by atoms with Crippen LogP contribution in [0.5, 0.6) is 0 Å². The van der Waals surface area contributed by atoms with Crippen molar-refractivity contribution in [3.63, 3.8) is 0 Å². The van der Waals surface area contributed by atoms with Crippen molar-refractivity contribution >= 4 is 34.1 Å². The predicted octanol–water partition coefficient (Wildman–Crippen LogP) is 3.13. The lowest BCUT2D eigenvalue weighted by Crippen LogP contribution is -2.03. The van der Waals surface area contributed by atoms with Crippen LogP contribution in [0, 0.1) is 0 Å². The fourth-order valence-corrected chi connectivity index (χ4v) is 2.50. The zero-order valence-corrected chi connectivity index (χ0v) is 10.5. The van der Waals surface area contributed by atoms with Crippen molar-refractivity contribution < 1.29 is 4.42 Å². The zero-order chi connectivity index (χ0) is 12.4. The predicted molar refractivity (Wildman–Crippen MR) is 74.9 cm³/mol. The van der Waals surface area contributed by atoms with Crippen LogP contribution in [0.1, 0.15) is 4.88 Å². The Morgan fingerprint density at radius 1 is 1.28 bits per heavy atom. The highest BCUT2D eigenvalue weighted by molar-refractivity contribution is 7.09. The Balaban J connectivity index is 1.69. The minimum Gasteiger partial charge on any atom is -0.423 e. The number of rotatable bonds is 4. The fraction of sp³-hybridized carbons (Fsp3) is 0.154. The molecule has 0 aliphatic carbocycles. The number of nitrogens with two attached hydrogens (primary N) is 1. The lowest BCUT2D eigenvalue weighted by molar-refractivity contribution is 0.615. The molecule has 0 bridgehead atoms. The monoisotopic (exact) mass is 259 g/mol. The van der Waals surface area contributed by atoms with E-state index >= 15 is 0 Å². The Labute approximate surface area is 108 Å². The van der Waals surface area contributed by atoms with E-state index in [1.165, 1.54) is 4.88 Å². The lowest BCUT2D eigenvalue weighted by Gasteiger charge is -1.98. The summed E-state index contributed by atoms with van der Waals surface area (Å²) in [5.41, 5.74) is 7.90. The number of oxazole rings is 1. The van der Waals surface area contributed by atoms with Gasteiger partial charge in [-0.2, -0.15) is 4.98 Å². The van der Waals surface area contributed by atoms with Crippen molar-refractivity contribution in [3.05, 3.63) is 40.6 Å². The molecule has 0 atom stereocenters. The molecule has 92 valence electrons. The number of benzene rings is 1. The number of aromatic nitrogens is 1. The number of thiophene rings is 1. The SMILES string of the molecule is Nc1cccc2oc(NCCc3cccs3)nc12. The average molecular weight is 259 g/mol. The Morgan fingerprint density at radius 3 is 3.00 bits per heavy atom. The van der Waals surface area contributed by atoms with Crippen LogP contribution in [0.15, 0.2) is 40.1 Å². The van der Waals surface area contributed by atoms with Crippen LogP contribution in [0.2, 0.25) is 0 Å². The first-order valence-corrected chi connectivity index (χ1v) is 6.62. The molecule has 0 radical (unpaired) electrons. The number of fused-ring (bicyclic) bond motifs is 1. The van der Waals surface area contributed by atoms with E-state index in [-0.39, 0.29) is 0 Å². The second-order valence-corrected chi connectivity index (χ2v) is 5.00. The molecule has 5 heteroatoms. The third-order valence-electron chi connectivity index (χ3n) is 2.68. The van der Waals surface area contributed by atoms with Crippen LogP contribution in [0.3, 0.4) is 0 Å². The number of nitrogens with zero attached hydrogens (tertiary/aromatic N) is 1. The molecule has 2 heterocycles. The van der Waals surface area contributed by atoms with E-state index in [0.717, 1.165) is 18.5 Å². The summed E-state index contributed by atoms with van der Waals surface area (Å²) in [6.07, 6.45) is 0.964. The standard InChI is InChI=1S/C13H13N3OS/c14-10-4-1-5-11-12(10)16-13(17-11)15-7-6-9-3-2-8-18-9/h1-5,8H,6-7,14H2,(H,15,16). The summed E-state index contributed by atoms with van der Waals surface area (Å²) < 4.78 is 5.57. The molecule has 18 heavy (non-hydrogen) atoms. The van der Waals surface area contributed by atoms with Gasteiger partial charge in [0.2, 0.25) is 0 Å². The highest BCUT2D eigenvalue weighted by Crippen LogP contribution is 2.23. The average Bonchev–Trinajstić information content (AvgIpc) is 2.98. The van der Waals surface area contributed by atoms with Crippen molar-refractivity contribution in [2.24, 2.45) is 0 Å². The van der Waals surface area contributed by atoms with E-state index in [1.54, 1.807) is 11.3 Å². The fourth-order valence-electron chi connectivity index (χ4n) is 1.79. The molecule has 0 saturated heterocycles. The number of hydrogen-bond donors (Lipinski definition) is 2. The van der Waals surface area contributed by atoms with E-state index in [0.29, 0.717) is 17.3 Å². The first kappa shape index (κ1) is 11.1. The molecule has 0 spiro atoms. The third kappa shape index (κ3) is 2.17. The highest BCUT2D eigenvalue weighted by atomic mass is 32.1. The van der Waals surface area contributed by atoms with E-state index in [9.17, 15) is 0 Å². The van der Waals surface area contributed by atoms with E-state index < -0.39 is 0 Å². The van der Waals surface area contributed by atoms with Gasteiger partial charge in [0.1, 0.15) is 5.52 Å². The van der Waals surface area contributed by atoms with Gasteiger partial charge < -0.3 is 15.5 Å². The van der Waals surface area contributed by atoms with Crippen LogP contribution < -0.4 is 11.1 Å². The lowest BCUT2D eigenvalue weighted by atomic mass is 10.3. The second kappa shape index (κ2) is 4.70. The van der Waals surface area contributed by atoms with Gasteiger partial charge in [-0.05, 0) is 30.0 Å². The minimum atomic E-state index is 0.527. The molecular weight excluding hydrogens is 246 g/mol. The van der Waals surface area contributed by atoms with Crippen LogP contribution in [0.4, 0.5) is 11.7 Å². The molecule has 0 amide bonds. The number of nitrogen functional groups attached to an aromatic ring is 1. The summed E-state index contributed by atoms with van der Waals surface area (Å²) >= 11 is 1.75. The molecule has 1 aromatic carbocycles. The van der Waals surface area contributed by atoms with Crippen molar-refractivity contribution in [2.45, 2.75) is 6.42 Å². The topological polar surface area (TPSA) is 64.1 Å². The molecule has 0 unspecified atom stereocenters. The van der Waals surface area contributed by atoms with E-state index in [1.807, 2.05) is 18.2 Å². The number of para-hydroxylation sites is 1. The van der Waals surface area contributed by atoms with E-state index in [4.69, 9.17) is 10.2 Å². The summed E-state index contributed by atoms with van der Waals surface area (Å²) in [4.78, 5) is 5.68. The summed E-state index contributed by atoms with van der Waals surface area (Å²) in [5.74, 6) is 0. The maximum Gasteiger partial charge on any atom is 0.295 e. The Morgan fingerprint density at radius 2 is 2.22 bits per heavy atom. The van der Waals surface area contributed by atoms with Crippen LogP contribution in [-0.4, -0.2) is 11.5 Å². The molecular formula is C13H13N3OS. The third-order valence-corrected chi connectivity index (χ3v) is 3.61. The van der Waals surface area contributed by atoms with Gasteiger partial charge in [-0.25, -0.2) is 0 Å². The number of anilines is 2. The smallest absolute Gasteiger partial charge is 0.295 e. The van der Waals surface area contributed by atoms with Gasteiger partial charge in [0.25, 0.3) is 6.01 Å². The maximum absolute atomic E-state index is 5.83. The van der Waals surface area contributed by atoms with Crippen molar-refractivity contribution in [1.82, 2.24) is 4.98 Å². The van der Waals surface area contributed by atoms with Gasteiger partial charge in [-0.3, -0.25) is 0 Å². The van der Waals surface area contributed by atoms with E-state index in [2.05, 4.69) is 27.8 Å². The van der Waals surface area contributed by atoms with Crippen molar-refractivity contribution in [3.8, 4) is 0 Å². The molecule has 0 saturated carbocycles.